The molecule has 0 aliphatic heterocycles. The van der Waals surface area contributed by atoms with Crippen LogP contribution in [0.5, 0.6) is 11.5 Å². The minimum absolute atomic E-state index is 0.634. The second kappa shape index (κ2) is 12.3. The number of hydrogen-bond acceptors (Lipinski definition) is 4. The number of hydrogen-bond donors (Lipinski definition) is 0. The van der Waals surface area contributed by atoms with Crippen LogP contribution in [0.15, 0.2) is 107 Å². The first-order valence-corrected chi connectivity index (χ1v) is 11.9. The van der Waals surface area contributed by atoms with Gasteiger partial charge < -0.3 is 9.47 Å². The Morgan fingerprint density at radius 3 is 1.34 bits per heavy atom. The highest BCUT2D eigenvalue weighted by Gasteiger charge is 2.02. The Hall–Kier alpha value is -4.18. The van der Waals surface area contributed by atoms with E-state index in [1.165, 1.54) is 11.1 Å². The molecule has 176 valence electrons. The van der Waals surface area contributed by atoms with Crippen LogP contribution in [0.25, 0.3) is 0 Å². The number of benzene rings is 4. The Labute approximate surface area is 207 Å². The average Bonchev–Trinajstić information content (AvgIpc) is 2.90. The molecule has 35 heavy (non-hydrogen) atoms. The van der Waals surface area contributed by atoms with E-state index in [1.54, 1.807) is 0 Å². The smallest absolute Gasteiger partial charge is 0.128 e. The molecule has 0 N–H and O–H groups in total. The van der Waals surface area contributed by atoms with Gasteiger partial charge in [0.15, 0.2) is 0 Å². The molecule has 4 rings (SSSR count). The summed E-state index contributed by atoms with van der Waals surface area (Å²) in [7, 11) is 0. The van der Waals surface area contributed by atoms with Gasteiger partial charge in [-0.2, -0.15) is 0 Å². The number of rotatable bonds is 10. The van der Waals surface area contributed by atoms with Crippen molar-refractivity contribution in [1.29, 1.82) is 0 Å². The van der Waals surface area contributed by atoms with Crippen LogP contribution in [0.4, 0.5) is 11.4 Å². The standard InChI is InChI=1S/C31H30N2O2/c1-3-34-30-11-7-5-9-26(30)22-32-28-17-13-24(14-18-28)21-25-15-19-29(20-16-25)33-23-27-10-6-8-12-31(27)35-4-2/h5-20,22-23H,3-4,21H2,1-2H3. The van der Waals surface area contributed by atoms with Crippen molar-refractivity contribution in [2.45, 2.75) is 20.3 Å². The minimum Gasteiger partial charge on any atom is -0.493 e. The highest BCUT2D eigenvalue weighted by atomic mass is 16.5. The summed E-state index contributed by atoms with van der Waals surface area (Å²) in [5.41, 5.74) is 6.25. The monoisotopic (exact) mass is 462 g/mol. The summed E-state index contributed by atoms with van der Waals surface area (Å²) in [5.74, 6) is 1.70. The first-order valence-electron chi connectivity index (χ1n) is 11.9. The van der Waals surface area contributed by atoms with Crippen molar-refractivity contribution < 1.29 is 9.47 Å². The van der Waals surface area contributed by atoms with E-state index in [0.717, 1.165) is 40.4 Å². The van der Waals surface area contributed by atoms with Gasteiger partial charge in [-0.1, -0.05) is 48.5 Å². The lowest BCUT2D eigenvalue weighted by Gasteiger charge is -2.06. The van der Waals surface area contributed by atoms with Crippen LogP contribution in [0, 0.1) is 0 Å². The zero-order valence-corrected chi connectivity index (χ0v) is 20.2. The van der Waals surface area contributed by atoms with E-state index in [-0.39, 0.29) is 0 Å². The van der Waals surface area contributed by atoms with Gasteiger partial charge in [-0.25, -0.2) is 0 Å². The van der Waals surface area contributed by atoms with Crippen molar-refractivity contribution in [2.75, 3.05) is 13.2 Å². The van der Waals surface area contributed by atoms with E-state index in [2.05, 4.69) is 34.3 Å². The van der Waals surface area contributed by atoms with E-state index in [4.69, 9.17) is 9.47 Å². The van der Waals surface area contributed by atoms with E-state index in [0.29, 0.717) is 13.2 Å². The average molecular weight is 463 g/mol. The molecule has 0 heterocycles. The summed E-state index contributed by atoms with van der Waals surface area (Å²) < 4.78 is 11.3. The Balaban J connectivity index is 1.37. The lowest BCUT2D eigenvalue weighted by atomic mass is 10.0. The third kappa shape index (κ3) is 6.90. The van der Waals surface area contributed by atoms with Crippen LogP contribution >= 0.6 is 0 Å². The van der Waals surface area contributed by atoms with Crippen molar-refractivity contribution in [3.8, 4) is 11.5 Å². The van der Waals surface area contributed by atoms with Gasteiger partial charge in [0.05, 0.1) is 24.6 Å². The van der Waals surface area contributed by atoms with Gasteiger partial charge >= 0.3 is 0 Å². The van der Waals surface area contributed by atoms with Crippen LogP contribution < -0.4 is 9.47 Å². The Morgan fingerprint density at radius 1 is 0.543 bits per heavy atom. The van der Waals surface area contributed by atoms with Crippen molar-refractivity contribution in [1.82, 2.24) is 0 Å². The van der Waals surface area contributed by atoms with Crippen molar-refractivity contribution in [3.63, 3.8) is 0 Å². The number of ether oxygens (including phenoxy) is 2. The minimum atomic E-state index is 0.634. The number of para-hydroxylation sites is 2. The SMILES string of the molecule is CCOc1ccccc1C=Nc1ccc(Cc2ccc(N=Cc3ccccc3OCC)cc2)cc1. The molecule has 4 nitrogen and oxygen atoms in total. The van der Waals surface area contributed by atoms with E-state index >= 15 is 0 Å². The summed E-state index contributed by atoms with van der Waals surface area (Å²) in [6.45, 7) is 5.23. The summed E-state index contributed by atoms with van der Waals surface area (Å²) in [6, 6.07) is 32.5. The summed E-state index contributed by atoms with van der Waals surface area (Å²) in [6.07, 6.45) is 4.56. The fourth-order valence-electron chi connectivity index (χ4n) is 3.67. The molecule has 0 spiro atoms. The van der Waals surface area contributed by atoms with Gasteiger partial charge in [0, 0.05) is 23.6 Å². The quantitative estimate of drug-likeness (QED) is 0.228. The largest absolute Gasteiger partial charge is 0.493 e. The maximum absolute atomic E-state index is 5.67. The molecule has 0 unspecified atom stereocenters. The van der Waals surface area contributed by atoms with E-state index in [1.807, 2.05) is 99.1 Å². The van der Waals surface area contributed by atoms with Gasteiger partial charge in [-0.15, -0.1) is 0 Å². The lowest BCUT2D eigenvalue weighted by Crippen LogP contribution is -1.95. The van der Waals surface area contributed by atoms with Crippen molar-refractivity contribution in [2.24, 2.45) is 9.98 Å². The predicted molar refractivity (Wildman–Crippen MR) is 145 cm³/mol. The topological polar surface area (TPSA) is 43.2 Å². The van der Waals surface area contributed by atoms with Gasteiger partial charge in [-0.05, 0) is 79.9 Å². The third-order valence-corrected chi connectivity index (χ3v) is 5.42. The van der Waals surface area contributed by atoms with Crippen LogP contribution in [-0.2, 0) is 6.42 Å². The van der Waals surface area contributed by atoms with Crippen LogP contribution in [-0.4, -0.2) is 25.6 Å². The van der Waals surface area contributed by atoms with Crippen molar-refractivity contribution in [3.05, 3.63) is 119 Å². The summed E-state index contributed by atoms with van der Waals surface area (Å²) >= 11 is 0. The lowest BCUT2D eigenvalue weighted by molar-refractivity contribution is 0.339. The maximum Gasteiger partial charge on any atom is 0.128 e. The molecule has 0 saturated carbocycles. The molecule has 0 bridgehead atoms. The fraction of sp³-hybridized carbons (Fsp3) is 0.161. The Kier molecular flexibility index (Phi) is 8.44. The molecule has 4 heteroatoms. The fourth-order valence-corrected chi connectivity index (χ4v) is 3.67. The molecule has 0 amide bonds. The molecular weight excluding hydrogens is 432 g/mol. The van der Waals surface area contributed by atoms with Crippen LogP contribution in [0.2, 0.25) is 0 Å². The van der Waals surface area contributed by atoms with Crippen molar-refractivity contribution >= 4 is 23.8 Å². The maximum atomic E-state index is 5.67. The zero-order valence-electron chi connectivity index (χ0n) is 20.2. The second-order valence-electron chi connectivity index (χ2n) is 7.97. The predicted octanol–water partition coefficient (Wildman–Crippen LogP) is 7.58. The highest BCUT2D eigenvalue weighted by Crippen LogP contribution is 2.21. The van der Waals surface area contributed by atoms with Crippen LogP contribution in [0.1, 0.15) is 36.1 Å². The highest BCUT2D eigenvalue weighted by molar-refractivity contribution is 5.86. The van der Waals surface area contributed by atoms with Gasteiger partial charge in [0.2, 0.25) is 0 Å². The molecule has 4 aromatic carbocycles. The molecular formula is C31H30N2O2. The third-order valence-electron chi connectivity index (χ3n) is 5.42. The molecule has 0 fully saturated rings. The summed E-state index contributed by atoms with van der Waals surface area (Å²) in [5, 5.41) is 0. The molecule has 0 radical (unpaired) electrons. The Bertz CT molecular complexity index is 1180. The van der Waals surface area contributed by atoms with E-state index in [9.17, 15) is 0 Å². The van der Waals surface area contributed by atoms with Gasteiger partial charge in [0.1, 0.15) is 11.5 Å². The molecule has 0 aliphatic carbocycles. The van der Waals surface area contributed by atoms with Gasteiger partial charge in [0.25, 0.3) is 0 Å². The molecule has 0 aliphatic rings. The normalized spacial score (nSPS) is 11.3. The molecule has 4 aromatic rings. The zero-order chi connectivity index (χ0) is 24.3. The summed E-state index contributed by atoms with van der Waals surface area (Å²) in [4.78, 5) is 9.23. The second-order valence-corrected chi connectivity index (χ2v) is 7.97. The number of nitrogens with zero attached hydrogens (tertiary/aromatic N) is 2. The number of aliphatic imine (C=N–C) groups is 2. The first-order chi connectivity index (χ1) is 17.2. The molecule has 0 atom stereocenters. The van der Waals surface area contributed by atoms with Gasteiger partial charge in [-0.3, -0.25) is 9.98 Å². The Morgan fingerprint density at radius 2 is 0.943 bits per heavy atom. The van der Waals surface area contributed by atoms with Crippen LogP contribution in [0.3, 0.4) is 0 Å². The van der Waals surface area contributed by atoms with E-state index < -0.39 is 0 Å². The molecule has 0 saturated heterocycles. The molecule has 0 aromatic heterocycles. The first kappa shape index (κ1) is 24.0.